The van der Waals surface area contributed by atoms with Crippen molar-refractivity contribution < 1.29 is 23.1 Å². The third kappa shape index (κ3) is 3.09. The smallest absolute Gasteiger partial charge is 0.345 e. The molecule has 20 heavy (non-hydrogen) atoms. The molecule has 8 heteroatoms. The molecule has 0 radical (unpaired) electrons. The first-order valence-corrected chi connectivity index (χ1v) is 7.72. The lowest BCUT2D eigenvalue weighted by Gasteiger charge is -2.07. The van der Waals surface area contributed by atoms with E-state index in [1.54, 1.807) is 12.1 Å². The second-order valence-corrected chi connectivity index (χ2v) is 6.52. The van der Waals surface area contributed by atoms with E-state index in [0.717, 1.165) is 11.3 Å². The second kappa shape index (κ2) is 5.51. The fourth-order valence-electron chi connectivity index (χ4n) is 1.47. The van der Waals surface area contributed by atoms with E-state index in [9.17, 15) is 13.2 Å². The van der Waals surface area contributed by atoms with Crippen molar-refractivity contribution >= 4 is 32.3 Å². The molecule has 0 saturated heterocycles. The second-order valence-electron chi connectivity index (χ2n) is 3.75. The van der Waals surface area contributed by atoms with Crippen molar-refractivity contribution in [2.24, 2.45) is 0 Å². The third-order valence-electron chi connectivity index (χ3n) is 2.40. The zero-order chi connectivity index (χ0) is 14.8. The fourth-order valence-corrected chi connectivity index (χ4v) is 3.54. The molecule has 0 aliphatic carbocycles. The van der Waals surface area contributed by atoms with Crippen LogP contribution < -0.4 is 9.46 Å². The minimum absolute atomic E-state index is 0.0436. The molecular formula is C12H11NO5S2. The lowest BCUT2D eigenvalue weighted by Crippen LogP contribution is -2.12. The van der Waals surface area contributed by atoms with E-state index < -0.39 is 16.0 Å². The first-order chi connectivity index (χ1) is 9.42. The predicted octanol–water partition coefficient (Wildman–Crippen LogP) is 2.26. The number of sulfonamides is 1. The fraction of sp³-hybridized carbons (Fsp3) is 0.0833. The van der Waals surface area contributed by atoms with Gasteiger partial charge in [0.15, 0.2) is 0 Å². The highest BCUT2D eigenvalue weighted by Gasteiger charge is 2.17. The quantitative estimate of drug-likeness (QED) is 0.883. The molecule has 0 saturated carbocycles. The zero-order valence-electron chi connectivity index (χ0n) is 10.4. The van der Waals surface area contributed by atoms with Gasteiger partial charge in [-0.05, 0) is 24.3 Å². The number of methoxy groups -OCH3 is 1. The molecule has 1 heterocycles. The molecule has 0 aliphatic rings. The van der Waals surface area contributed by atoms with Gasteiger partial charge in [-0.15, -0.1) is 11.3 Å². The van der Waals surface area contributed by atoms with Crippen molar-refractivity contribution in [3.05, 3.63) is 41.3 Å². The molecule has 106 valence electrons. The van der Waals surface area contributed by atoms with Crippen LogP contribution in [0.5, 0.6) is 5.75 Å². The number of nitrogens with one attached hydrogen (secondary N) is 1. The number of hydrogen-bond donors (Lipinski definition) is 2. The van der Waals surface area contributed by atoms with E-state index in [1.807, 2.05) is 0 Å². The lowest BCUT2D eigenvalue weighted by atomic mass is 10.3. The number of carboxylic acids is 1. The highest BCUT2D eigenvalue weighted by molar-refractivity contribution is 7.93. The van der Waals surface area contributed by atoms with Crippen LogP contribution in [0.2, 0.25) is 0 Å². The molecule has 0 fully saturated rings. The number of carboxylic acid groups (broad SMARTS) is 1. The van der Waals surface area contributed by atoms with Gasteiger partial charge in [0.1, 0.15) is 15.6 Å². The number of rotatable bonds is 5. The van der Waals surface area contributed by atoms with E-state index in [1.165, 1.54) is 31.4 Å². The normalized spacial score (nSPS) is 11.1. The Morgan fingerprint density at radius 1 is 1.30 bits per heavy atom. The van der Waals surface area contributed by atoms with Crippen molar-refractivity contribution in [2.45, 2.75) is 4.90 Å². The summed E-state index contributed by atoms with van der Waals surface area (Å²) in [6, 6.07) is 8.75. The summed E-state index contributed by atoms with van der Waals surface area (Å²) in [5.41, 5.74) is 0. The summed E-state index contributed by atoms with van der Waals surface area (Å²) in [4.78, 5) is 10.9. The molecule has 0 aliphatic heterocycles. The van der Waals surface area contributed by atoms with Crippen molar-refractivity contribution in [1.29, 1.82) is 0 Å². The monoisotopic (exact) mass is 313 g/mol. The van der Waals surface area contributed by atoms with Crippen LogP contribution >= 0.6 is 11.3 Å². The van der Waals surface area contributed by atoms with Gasteiger partial charge in [0, 0.05) is 6.07 Å². The Hall–Kier alpha value is -2.06. The first-order valence-electron chi connectivity index (χ1n) is 5.42. The van der Waals surface area contributed by atoms with Gasteiger partial charge in [-0.3, -0.25) is 4.72 Å². The summed E-state index contributed by atoms with van der Waals surface area (Å²) in [6.45, 7) is 0. The molecular weight excluding hydrogens is 302 g/mol. The number of thiophene rings is 1. The molecule has 0 spiro atoms. The van der Waals surface area contributed by atoms with E-state index in [-0.39, 0.29) is 14.8 Å². The van der Waals surface area contributed by atoms with Crippen LogP contribution in [0.4, 0.5) is 5.00 Å². The summed E-state index contributed by atoms with van der Waals surface area (Å²) >= 11 is 0.851. The number of anilines is 1. The van der Waals surface area contributed by atoms with Gasteiger partial charge in [0.25, 0.3) is 10.0 Å². The number of benzene rings is 1. The maximum Gasteiger partial charge on any atom is 0.345 e. The van der Waals surface area contributed by atoms with Gasteiger partial charge >= 0.3 is 5.97 Å². The first kappa shape index (κ1) is 14.4. The van der Waals surface area contributed by atoms with Gasteiger partial charge in [0.05, 0.1) is 12.0 Å². The third-order valence-corrected chi connectivity index (χ3v) is 4.88. The molecule has 1 aromatic carbocycles. The zero-order valence-corrected chi connectivity index (χ0v) is 12.0. The SMILES string of the molecule is COc1cccc(S(=O)(=O)Nc2ccc(C(=O)O)s2)c1. The Morgan fingerprint density at radius 3 is 2.65 bits per heavy atom. The summed E-state index contributed by atoms with van der Waals surface area (Å²) in [5.74, 6) is -0.674. The number of carbonyl (C=O) groups is 1. The van der Waals surface area contributed by atoms with Crippen LogP contribution in [0.3, 0.4) is 0 Å². The van der Waals surface area contributed by atoms with E-state index in [4.69, 9.17) is 9.84 Å². The molecule has 6 nitrogen and oxygen atoms in total. The van der Waals surface area contributed by atoms with Gasteiger partial charge in [-0.2, -0.15) is 0 Å². The summed E-state index contributed by atoms with van der Waals surface area (Å²) < 4.78 is 31.6. The molecule has 2 N–H and O–H groups in total. The van der Waals surface area contributed by atoms with Crippen LogP contribution in [0.15, 0.2) is 41.3 Å². The Bertz CT molecular complexity index is 736. The minimum atomic E-state index is -3.77. The molecule has 2 aromatic rings. The molecule has 2 rings (SSSR count). The topological polar surface area (TPSA) is 92.7 Å². The number of ether oxygens (including phenoxy) is 1. The van der Waals surface area contributed by atoms with Crippen LogP contribution in [-0.2, 0) is 10.0 Å². The number of hydrogen-bond acceptors (Lipinski definition) is 5. The van der Waals surface area contributed by atoms with Crippen LogP contribution in [0.1, 0.15) is 9.67 Å². The molecule has 0 atom stereocenters. The summed E-state index contributed by atoms with van der Waals surface area (Å²) in [6.07, 6.45) is 0. The average molecular weight is 313 g/mol. The van der Waals surface area contributed by atoms with Crippen molar-refractivity contribution in [3.8, 4) is 5.75 Å². The van der Waals surface area contributed by atoms with Gasteiger partial charge in [0.2, 0.25) is 0 Å². The Kier molecular flexibility index (Phi) is 3.96. The molecule has 0 unspecified atom stereocenters. The highest BCUT2D eigenvalue weighted by atomic mass is 32.2. The van der Waals surface area contributed by atoms with Crippen LogP contribution in [0, 0.1) is 0 Å². The minimum Gasteiger partial charge on any atom is -0.497 e. The van der Waals surface area contributed by atoms with Crippen molar-refractivity contribution in [1.82, 2.24) is 0 Å². The predicted molar refractivity (Wildman–Crippen MR) is 75.1 cm³/mol. The maximum atomic E-state index is 12.1. The standard InChI is InChI=1S/C12H11NO5S2/c1-18-8-3-2-4-9(7-8)20(16,17)13-11-6-5-10(19-11)12(14)15/h2-7,13H,1H3,(H,14,15). The maximum absolute atomic E-state index is 12.1. The Labute approximate surface area is 119 Å². The Balaban J connectivity index is 2.27. The van der Waals surface area contributed by atoms with Gasteiger partial charge < -0.3 is 9.84 Å². The van der Waals surface area contributed by atoms with Crippen molar-refractivity contribution in [3.63, 3.8) is 0 Å². The van der Waals surface area contributed by atoms with E-state index in [2.05, 4.69) is 4.72 Å². The largest absolute Gasteiger partial charge is 0.497 e. The summed E-state index contributed by atoms with van der Waals surface area (Å²) in [7, 11) is -2.33. The van der Waals surface area contributed by atoms with E-state index in [0.29, 0.717) is 5.75 Å². The highest BCUT2D eigenvalue weighted by Crippen LogP contribution is 2.26. The van der Waals surface area contributed by atoms with Crippen LogP contribution in [0.25, 0.3) is 0 Å². The van der Waals surface area contributed by atoms with Gasteiger partial charge in [-0.25, -0.2) is 13.2 Å². The van der Waals surface area contributed by atoms with Crippen LogP contribution in [-0.4, -0.2) is 26.6 Å². The molecule has 0 amide bonds. The molecule has 0 bridgehead atoms. The van der Waals surface area contributed by atoms with Gasteiger partial charge in [-0.1, -0.05) is 6.07 Å². The average Bonchev–Trinajstić information content (AvgIpc) is 2.87. The number of aromatic carboxylic acids is 1. The Morgan fingerprint density at radius 2 is 2.05 bits per heavy atom. The van der Waals surface area contributed by atoms with E-state index >= 15 is 0 Å². The summed E-state index contributed by atoms with van der Waals surface area (Å²) in [5, 5.41) is 9.04. The van der Waals surface area contributed by atoms with Crippen molar-refractivity contribution in [2.75, 3.05) is 11.8 Å². The lowest BCUT2D eigenvalue weighted by molar-refractivity contribution is 0.0702. The molecule has 1 aromatic heterocycles.